The maximum Gasteiger partial charge on any atom is 0.244 e. The van der Waals surface area contributed by atoms with Crippen LogP contribution in [0.1, 0.15) is 0 Å². The molecule has 0 atom stereocenters. The van der Waals surface area contributed by atoms with Crippen molar-refractivity contribution in [2.24, 2.45) is 0 Å². The lowest BCUT2D eigenvalue weighted by Crippen LogP contribution is -2.56. The molecule has 0 aliphatic carbocycles. The van der Waals surface area contributed by atoms with Crippen LogP contribution in [-0.4, -0.2) is 41.9 Å². The Morgan fingerprint density at radius 2 is 2.05 bits per heavy atom. The monoisotopic (exact) mass is 325 g/mol. The Morgan fingerprint density at radius 1 is 1.24 bits per heavy atom. The number of rotatable bonds is 4. The zero-order valence-electron chi connectivity index (χ0n) is 10.9. The number of halogens is 1. The molecule has 2 aromatic rings. The minimum absolute atomic E-state index is 0.188. The summed E-state index contributed by atoms with van der Waals surface area (Å²) in [5.41, 5.74) is 0. The van der Waals surface area contributed by atoms with E-state index in [4.69, 9.17) is 16.3 Å². The number of aromatic nitrogens is 2. The van der Waals surface area contributed by atoms with Gasteiger partial charge in [-0.05, 0) is 18.2 Å². The zero-order chi connectivity index (χ0) is 14.9. The second-order valence-electron chi connectivity index (χ2n) is 4.57. The van der Waals surface area contributed by atoms with Crippen LogP contribution in [0.2, 0.25) is 5.02 Å². The minimum atomic E-state index is -3.48. The van der Waals surface area contributed by atoms with Gasteiger partial charge in [-0.25, -0.2) is 13.4 Å². The SMILES string of the molecule is O=S(=O)(c1cccnc1)N1CC(Oc2ccc(Cl)cn2)C1. The predicted molar refractivity (Wildman–Crippen MR) is 76.7 cm³/mol. The fraction of sp³-hybridized carbons (Fsp3) is 0.231. The Hall–Kier alpha value is -1.70. The molecule has 0 spiro atoms. The molecule has 3 rings (SSSR count). The number of sulfonamides is 1. The molecule has 21 heavy (non-hydrogen) atoms. The fourth-order valence-electron chi connectivity index (χ4n) is 1.92. The van der Waals surface area contributed by atoms with Gasteiger partial charge < -0.3 is 4.74 Å². The molecule has 0 radical (unpaired) electrons. The van der Waals surface area contributed by atoms with E-state index in [0.29, 0.717) is 24.0 Å². The van der Waals surface area contributed by atoms with Crippen LogP contribution in [0.25, 0.3) is 0 Å². The highest BCUT2D eigenvalue weighted by Gasteiger charge is 2.38. The van der Waals surface area contributed by atoms with E-state index in [0.717, 1.165) is 0 Å². The van der Waals surface area contributed by atoms with Crippen LogP contribution >= 0.6 is 11.6 Å². The third-order valence-electron chi connectivity index (χ3n) is 3.07. The Kier molecular flexibility index (Phi) is 3.79. The Morgan fingerprint density at radius 3 is 2.67 bits per heavy atom. The number of hydrogen-bond donors (Lipinski definition) is 0. The van der Waals surface area contributed by atoms with Crippen molar-refractivity contribution in [3.63, 3.8) is 0 Å². The minimum Gasteiger partial charge on any atom is -0.472 e. The lowest BCUT2D eigenvalue weighted by atomic mass is 10.2. The standard InChI is InChI=1S/C13H12ClN3O3S/c14-10-3-4-13(16-6-10)20-11-8-17(9-11)21(18,19)12-2-1-5-15-7-12/h1-7,11H,8-9H2. The molecule has 1 fully saturated rings. The quantitative estimate of drug-likeness (QED) is 0.853. The molecule has 0 N–H and O–H groups in total. The number of nitrogens with zero attached hydrogens (tertiary/aromatic N) is 3. The topological polar surface area (TPSA) is 72.4 Å². The summed E-state index contributed by atoms with van der Waals surface area (Å²) >= 11 is 5.74. The highest BCUT2D eigenvalue weighted by Crippen LogP contribution is 2.23. The smallest absolute Gasteiger partial charge is 0.244 e. The van der Waals surface area contributed by atoms with Gasteiger partial charge in [-0.15, -0.1) is 0 Å². The first kappa shape index (κ1) is 14.2. The first-order chi connectivity index (χ1) is 10.1. The summed E-state index contributed by atoms with van der Waals surface area (Å²) in [6.07, 6.45) is 4.15. The molecule has 1 aliphatic rings. The van der Waals surface area contributed by atoms with E-state index in [-0.39, 0.29) is 11.0 Å². The molecule has 0 saturated carbocycles. The van der Waals surface area contributed by atoms with Gasteiger partial charge in [-0.2, -0.15) is 4.31 Å². The first-order valence-electron chi connectivity index (χ1n) is 6.24. The van der Waals surface area contributed by atoms with Crippen LogP contribution in [0.3, 0.4) is 0 Å². The van der Waals surface area contributed by atoms with E-state index < -0.39 is 10.0 Å². The van der Waals surface area contributed by atoms with E-state index in [1.54, 1.807) is 18.2 Å². The van der Waals surface area contributed by atoms with Crippen LogP contribution in [-0.2, 0) is 10.0 Å². The molecule has 0 amide bonds. The van der Waals surface area contributed by atoms with E-state index >= 15 is 0 Å². The van der Waals surface area contributed by atoms with Crippen molar-refractivity contribution in [2.75, 3.05) is 13.1 Å². The zero-order valence-corrected chi connectivity index (χ0v) is 12.5. The molecular formula is C13H12ClN3O3S. The van der Waals surface area contributed by atoms with Gasteiger partial charge in [0.05, 0.1) is 18.1 Å². The highest BCUT2D eigenvalue weighted by molar-refractivity contribution is 7.89. The predicted octanol–water partition coefficient (Wildman–Crippen LogP) is 1.58. The molecule has 1 aliphatic heterocycles. The molecule has 0 aromatic carbocycles. The lowest BCUT2D eigenvalue weighted by Gasteiger charge is -2.37. The van der Waals surface area contributed by atoms with Crippen molar-refractivity contribution in [3.8, 4) is 5.88 Å². The molecule has 0 unspecified atom stereocenters. The van der Waals surface area contributed by atoms with Crippen LogP contribution in [0.5, 0.6) is 5.88 Å². The van der Waals surface area contributed by atoms with E-state index in [1.807, 2.05) is 0 Å². The van der Waals surface area contributed by atoms with Crippen molar-refractivity contribution in [2.45, 2.75) is 11.0 Å². The van der Waals surface area contributed by atoms with Crippen molar-refractivity contribution in [3.05, 3.63) is 47.9 Å². The van der Waals surface area contributed by atoms with Crippen LogP contribution in [0.4, 0.5) is 0 Å². The van der Waals surface area contributed by atoms with Gasteiger partial charge in [-0.1, -0.05) is 11.6 Å². The van der Waals surface area contributed by atoms with Crippen molar-refractivity contribution < 1.29 is 13.2 Å². The number of pyridine rings is 2. The van der Waals surface area contributed by atoms with Gasteiger partial charge in [0.2, 0.25) is 15.9 Å². The summed E-state index contributed by atoms with van der Waals surface area (Å²) in [4.78, 5) is 8.03. The second kappa shape index (κ2) is 5.59. The van der Waals surface area contributed by atoms with Gasteiger partial charge in [0.15, 0.2) is 0 Å². The van der Waals surface area contributed by atoms with Gasteiger partial charge in [0.1, 0.15) is 11.0 Å². The molecule has 1 saturated heterocycles. The molecule has 3 heterocycles. The van der Waals surface area contributed by atoms with Crippen LogP contribution < -0.4 is 4.74 Å². The summed E-state index contributed by atoms with van der Waals surface area (Å²) in [7, 11) is -3.48. The maximum absolute atomic E-state index is 12.3. The van der Waals surface area contributed by atoms with Gasteiger partial charge >= 0.3 is 0 Å². The van der Waals surface area contributed by atoms with Gasteiger partial charge in [-0.3, -0.25) is 4.98 Å². The molecule has 110 valence electrons. The summed E-state index contributed by atoms with van der Waals surface area (Å²) in [6, 6.07) is 6.45. The summed E-state index contributed by atoms with van der Waals surface area (Å²) in [5, 5.41) is 0.525. The van der Waals surface area contributed by atoms with E-state index in [1.165, 1.54) is 29.0 Å². The van der Waals surface area contributed by atoms with Crippen LogP contribution in [0.15, 0.2) is 47.8 Å². The first-order valence-corrected chi connectivity index (χ1v) is 8.06. The molecule has 6 nitrogen and oxygen atoms in total. The Labute approximate surface area is 127 Å². The molecule has 0 bridgehead atoms. The number of ether oxygens (including phenoxy) is 1. The van der Waals surface area contributed by atoms with Gasteiger partial charge in [0.25, 0.3) is 0 Å². The Balaban J connectivity index is 1.62. The normalized spacial score (nSPS) is 16.4. The van der Waals surface area contributed by atoms with Crippen molar-refractivity contribution in [1.82, 2.24) is 14.3 Å². The highest BCUT2D eigenvalue weighted by atomic mass is 35.5. The molecule has 2 aromatic heterocycles. The average Bonchev–Trinajstić information content (AvgIpc) is 2.45. The third kappa shape index (κ3) is 2.99. The lowest BCUT2D eigenvalue weighted by molar-refractivity contribution is 0.0721. The summed E-state index contributed by atoms with van der Waals surface area (Å²) in [6.45, 7) is 0.586. The second-order valence-corrected chi connectivity index (χ2v) is 6.94. The Bertz CT molecular complexity index is 716. The van der Waals surface area contributed by atoms with Crippen LogP contribution in [0, 0.1) is 0 Å². The van der Waals surface area contributed by atoms with E-state index in [2.05, 4.69) is 9.97 Å². The summed E-state index contributed by atoms with van der Waals surface area (Å²) < 4.78 is 31.4. The van der Waals surface area contributed by atoms with Crippen molar-refractivity contribution >= 4 is 21.6 Å². The average molecular weight is 326 g/mol. The largest absolute Gasteiger partial charge is 0.472 e. The maximum atomic E-state index is 12.3. The number of hydrogen-bond acceptors (Lipinski definition) is 5. The van der Waals surface area contributed by atoms with Gasteiger partial charge in [0, 0.05) is 24.7 Å². The fourth-order valence-corrected chi connectivity index (χ4v) is 3.50. The summed E-state index contributed by atoms with van der Waals surface area (Å²) in [5.74, 6) is 0.433. The van der Waals surface area contributed by atoms with E-state index in [9.17, 15) is 8.42 Å². The molecule has 8 heteroatoms. The third-order valence-corrected chi connectivity index (χ3v) is 5.11. The molecular weight excluding hydrogens is 314 g/mol. The van der Waals surface area contributed by atoms with Crippen molar-refractivity contribution in [1.29, 1.82) is 0 Å².